The largest absolute Gasteiger partial charge is 0.353 e. The summed E-state index contributed by atoms with van der Waals surface area (Å²) in [5, 5.41) is 11.0. The van der Waals surface area contributed by atoms with Crippen LogP contribution in [-0.2, 0) is 0 Å². The van der Waals surface area contributed by atoms with E-state index in [0.717, 1.165) is 17.9 Å². The van der Waals surface area contributed by atoms with Gasteiger partial charge in [0, 0.05) is 12.4 Å². The highest BCUT2D eigenvalue weighted by Gasteiger charge is 2.03. The second-order valence-electron chi connectivity index (χ2n) is 3.45. The Morgan fingerprint density at radius 3 is 2.57 bits per heavy atom. The van der Waals surface area contributed by atoms with E-state index in [-0.39, 0.29) is 0 Å². The minimum absolute atomic E-state index is 0.405. The maximum Gasteiger partial charge on any atom is 0.242 e. The average Bonchev–Trinajstić information content (AvgIpc) is 2.19. The van der Waals surface area contributed by atoms with Crippen LogP contribution < -0.4 is 5.32 Å². The minimum atomic E-state index is 0.405. The minimum Gasteiger partial charge on any atom is -0.353 e. The monoisotopic (exact) mass is 214 g/mol. The van der Waals surface area contributed by atoms with Gasteiger partial charge in [0.05, 0.1) is 11.4 Å². The normalized spacial score (nSPS) is 12.6. The highest BCUT2D eigenvalue weighted by atomic mass is 35.5. The first-order valence-electron chi connectivity index (χ1n) is 4.61. The molecule has 0 amide bonds. The molecule has 1 rings (SSSR count). The number of nitrogens with one attached hydrogen (secondary N) is 1. The molecule has 0 radical (unpaired) electrons. The van der Waals surface area contributed by atoms with E-state index in [1.54, 1.807) is 0 Å². The van der Waals surface area contributed by atoms with E-state index in [4.69, 9.17) is 11.6 Å². The van der Waals surface area contributed by atoms with E-state index < -0.39 is 0 Å². The molecule has 1 aromatic rings. The standard InChI is InChI=1S/C9H15ClN4/c1-6(4-10)5-11-9-12-7(2)8(3)13-14-9/h6H,4-5H2,1-3H3,(H,11,12,14). The Morgan fingerprint density at radius 2 is 2.00 bits per heavy atom. The molecule has 0 saturated carbocycles. The van der Waals surface area contributed by atoms with Crippen molar-refractivity contribution in [1.82, 2.24) is 15.2 Å². The fourth-order valence-corrected chi connectivity index (χ4v) is 0.961. The fourth-order valence-electron chi connectivity index (χ4n) is 0.852. The van der Waals surface area contributed by atoms with E-state index in [9.17, 15) is 0 Å². The van der Waals surface area contributed by atoms with Crippen LogP contribution in [0.3, 0.4) is 0 Å². The Bertz CT molecular complexity index is 303. The molecule has 0 bridgehead atoms. The van der Waals surface area contributed by atoms with E-state index >= 15 is 0 Å². The molecule has 78 valence electrons. The molecule has 0 aliphatic carbocycles. The van der Waals surface area contributed by atoms with Crippen LogP contribution >= 0.6 is 11.6 Å². The summed E-state index contributed by atoms with van der Waals surface area (Å²) in [6.45, 7) is 6.64. The first-order valence-corrected chi connectivity index (χ1v) is 5.14. The predicted molar refractivity (Wildman–Crippen MR) is 57.7 cm³/mol. The van der Waals surface area contributed by atoms with Gasteiger partial charge >= 0.3 is 0 Å². The molecule has 1 heterocycles. The van der Waals surface area contributed by atoms with Crippen molar-refractivity contribution in [2.75, 3.05) is 17.7 Å². The zero-order chi connectivity index (χ0) is 10.6. The Kier molecular flexibility index (Phi) is 4.07. The van der Waals surface area contributed by atoms with Crippen molar-refractivity contribution < 1.29 is 0 Å². The molecular weight excluding hydrogens is 200 g/mol. The van der Waals surface area contributed by atoms with Gasteiger partial charge in [-0.05, 0) is 19.8 Å². The van der Waals surface area contributed by atoms with Gasteiger partial charge < -0.3 is 5.32 Å². The van der Waals surface area contributed by atoms with Gasteiger partial charge in [-0.3, -0.25) is 0 Å². The Balaban J connectivity index is 2.55. The smallest absolute Gasteiger partial charge is 0.242 e. The summed E-state index contributed by atoms with van der Waals surface area (Å²) in [6.07, 6.45) is 0. The van der Waals surface area contributed by atoms with Crippen LogP contribution in [0.15, 0.2) is 0 Å². The van der Waals surface area contributed by atoms with Gasteiger partial charge in [-0.15, -0.1) is 16.7 Å². The number of aromatic nitrogens is 3. The number of hydrogen-bond acceptors (Lipinski definition) is 4. The summed E-state index contributed by atoms with van der Waals surface area (Å²) >= 11 is 5.68. The summed E-state index contributed by atoms with van der Waals surface area (Å²) in [5.41, 5.74) is 1.77. The van der Waals surface area contributed by atoms with Gasteiger partial charge in [-0.2, -0.15) is 5.10 Å². The van der Waals surface area contributed by atoms with E-state index in [1.165, 1.54) is 0 Å². The molecule has 4 nitrogen and oxygen atoms in total. The van der Waals surface area contributed by atoms with Crippen LogP contribution in [0.1, 0.15) is 18.3 Å². The lowest BCUT2D eigenvalue weighted by Gasteiger charge is -2.09. The maximum absolute atomic E-state index is 5.68. The van der Waals surface area contributed by atoms with Gasteiger partial charge in [0.15, 0.2) is 0 Å². The molecule has 0 spiro atoms. The number of alkyl halides is 1. The van der Waals surface area contributed by atoms with Crippen molar-refractivity contribution in [3.8, 4) is 0 Å². The van der Waals surface area contributed by atoms with Crippen molar-refractivity contribution in [3.63, 3.8) is 0 Å². The lowest BCUT2D eigenvalue weighted by atomic mass is 10.2. The second-order valence-corrected chi connectivity index (χ2v) is 3.76. The summed E-state index contributed by atoms with van der Waals surface area (Å²) in [4.78, 5) is 4.25. The molecule has 1 atom stereocenters. The molecule has 5 heteroatoms. The van der Waals surface area contributed by atoms with Crippen molar-refractivity contribution in [2.24, 2.45) is 5.92 Å². The molecule has 1 N–H and O–H groups in total. The Morgan fingerprint density at radius 1 is 1.29 bits per heavy atom. The zero-order valence-corrected chi connectivity index (χ0v) is 9.47. The zero-order valence-electron chi connectivity index (χ0n) is 8.71. The highest BCUT2D eigenvalue weighted by molar-refractivity contribution is 6.18. The topological polar surface area (TPSA) is 50.7 Å². The van der Waals surface area contributed by atoms with Crippen LogP contribution in [0, 0.1) is 19.8 Å². The first-order chi connectivity index (χ1) is 6.63. The third-order valence-electron chi connectivity index (χ3n) is 1.96. The number of nitrogens with zero attached hydrogens (tertiary/aromatic N) is 3. The lowest BCUT2D eigenvalue weighted by molar-refractivity contribution is 0.688. The molecule has 0 aliphatic rings. The van der Waals surface area contributed by atoms with Crippen LogP contribution in [0.5, 0.6) is 0 Å². The van der Waals surface area contributed by atoms with Crippen LogP contribution in [0.2, 0.25) is 0 Å². The molecule has 0 fully saturated rings. The van der Waals surface area contributed by atoms with E-state index in [2.05, 4.69) is 27.4 Å². The van der Waals surface area contributed by atoms with Gasteiger partial charge in [0.1, 0.15) is 0 Å². The number of aryl methyl sites for hydroxylation is 2. The van der Waals surface area contributed by atoms with Crippen LogP contribution in [0.4, 0.5) is 5.95 Å². The van der Waals surface area contributed by atoms with E-state index in [1.807, 2.05) is 13.8 Å². The van der Waals surface area contributed by atoms with Crippen molar-refractivity contribution in [2.45, 2.75) is 20.8 Å². The SMILES string of the molecule is Cc1nnc(NCC(C)CCl)nc1C. The molecule has 14 heavy (non-hydrogen) atoms. The summed E-state index contributed by atoms with van der Waals surface area (Å²) in [7, 11) is 0. The molecule has 0 aliphatic heterocycles. The van der Waals surface area contributed by atoms with Crippen molar-refractivity contribution >= 4 is 17.5 Å². The molecule has 0 saturated heterocycles. The predicted octanol–water partition coefficient (Wildman–Crippen LogP) is 1.78. The van der Waals surface area contributed by atoms with E-state index in [0.29, 0.717) is 17.7 Å². The number of rotatable bonds is 4. The summed E-state index contributed by atoms with van der Waals surface area (Å²) in [5.74, 6) is 1.61. The third-order valence-corrected chi connectivity index (χ3v) is 2.49. The molecular formula is C9H15ClN4. The van der Waals surface area contributed by atoms with Gasteiger partial charge in [0.25, 0.3) is 0 Å². The van der Waals surface area contributed by atoms with Crippen LogP contribution in [-0.4, -0.2) is 27.6 Å². The van der Waals surface area contributed by atoms with Gasteiger partial charge in [-0.1, -0.05) is 6.92 Å². The van der Waals surface area contributed by atoms with Crippen molar-refractivity contribution in [1.29, 1.82) is 0 Å². The Labute approximate surface area is 89.1 Å². The lowest BCUT2D eigenvalue weighted by Crippen LogP contribution is -2.15. The van der Waals surface area contributed by atoms with Gasteiger partial charge in [0.2, 0.25) is 5.95 Å². The third kappa shape index (κ3) is 3.10. The number of hydrogen-bond donors (Lipinski definition) is 1. The van der Waals surface area contributed by atoms with Gasteiger partial charge in [-0.25, -0.2) is 4.98 Å². The molecule has 0 aromatic carbocycles. The highest BCUT2D eigenvalue weighted by Crippen LogP contribution is 2.04. The quantitative estimate of drug-likeness (QED) is 0.777. The molecule has 1 aromatic heterocycles. The summed E-state index contributed by atoms with van der Waals surface area (Å²) < 4.78 is 0. The van der Waals surface area contributed by atoms with Crippen molar-refractivity contribution in [3.05, 3.63) is 11.4 Å². The fraction of sp³-hybridized carbons (Fsp3) is 0.667. The Hall–Kier alpha value is -0.900. The average molecular weight is 215 g/mol. The number of anilines is 1. The second kappa shape index (κ2) is 5.10. The molecule has 1 unspecified atom stereocenters. The summed E-state index contributed by atoms with van der Waals surface area (Å²) in [6, 6.07) is 0. The first kappa shape index (κ1) is 11.2. The maximum atomic E-state index is 5.68. The van der Waals surface area contributed by atoms with Crippen LogP contribution in [0.25, 0.3) is 0 Å². The number of halogens is 1.